The van der Waals surface area contributed by atoms with Crippen molar-refractivity contribution in [2.75, 3.05) is 26.1 Å². The quantitative estimate of drug-likeness (QED) is 0.757. The van der Waals surface area contributed by atoms with Gasteiger partial charge < -0.3 is 19.9 Å². The number of carboxylic acids is 1. The summed E-state index contributed by atoms with van der Waals surface area (Å²) in [6, 6.07) is 3.67. The van der Waals surface area contributed by atoms with Gasteiger partial charge in [-0.2, -0.15) is 0 Å². The van der Waals surface area contributed by atoms with E-state index in [9.17, 15) is 4.79 Å². The highest BCUT2D eigenvalue weighted by atomic mass is 16.5. The van der Waals surface area contributed by atoms with E-state index in [2.05, 4.69) is 5.32 Å². The van der Waals surface area contributed by atoms with Crippen molar-refractivity contribution in [2.24, 2.45) is 0 Å². The van der Waals surface area contributed by atoms with Crippen molar-refractivity contribution >= 4 is 11.7 Å². The van der Waals surface area contributed by atoms with E-state index < -0.39 is 5.97 Å². The maximum atomic E-state index is 10.3. The largest absolute Gasteiger partial charge is 0.496 e. The van der Waals surface area contributed by atoms with Crippen LogP contribution in [0.2, 0.25) is 0 Å². The SMILES string of the molecule is COc1ccc(NC/C=C/C(=O)O)c(OC)c1C. The fourth-order valence-electron chi connectivity index (χ4n) is 1.63. The van der Waals surface area contributed by atoms with E-state index in [0.717, 1.165) is 23.1 Å². The Labute approximate surface area is 106 Å². The standard InChI is InChI=1S/C13H17NO4/c1-9-11(17-2)7-6-10(13(9)18-3)14-8-4-5-12(15)16/h4-7,14H,8H2,1-3H3,(H,15,16)/b5-4+. The van der Waals surface area contributed by atoms with E-state index in [1.165, 1.54) is 6.08 Å². The molecule has 0 unspecified atom stereocenters. The lowest BCUT2D eigenvalue weighted by Crippen LogP contribution is -2.03. The summed E-state index contributed by atoms with van der Waals surface area (Å²) in [7, 11) is 3.19. The second-order valence-electron chi connectivity index (χ2n) is 3.60. The van der Waals surface area contributed by atoms with Crippen molar-refractivity contribution < 1.29 is 19.4 Å². The summed E-state index contributed by atoms with van der Waals surface area (Å²) in [5.41, 5.74) is 1.69. The first-order valence-electron chi connectivity index (χ1n) is 5.45. The van der Waals surface area contributed by atoms with Crippen molar-refractivity contribution in [1.29, 1.82) is 0 Å². The van der Waals surface area contributed by atoms with E-state index in [1.54, 1.807) is 14.2 Å². The zero-order valence-corrected chi connectivity index (χ0v) is 10.7. The van der Waals surface area contributed by atoms with E-state index in [4.69, 9.17) is 14.6 Å². The van der Waals surface area contributed by atoms with Gasteiger partial charge >= 0.3 is 5.97 Å². The molecule has 0 fully saturated rings. The number of nitrogens with one attached hydrogen (secondary N) is 1. The van der Waals surface area contributed by atoms with Crippen molar-refractivity contribution in [1.82, 2.24) is 0 Å². The number of anilines is 1. The second kappa shape index (κ2) is 6.54. The summed E-state index contributed by atoms with van der Waals surface area (Å²) in [6.07, 6.45) is 2.62. The van der Waals surface area contributed by atoms with Gasteiger partial charge in [0.05, 0.1) is 19.9 Å². The van der Waals surface area contributed by atoms with Crippen LogP contribution in [0.25, 0.3) is 0 Å². The second-order valence-corrected chi connectivity index (χ2v) is 3.60. The van der Waals surface area contributed by atoms with Gasteiger partial charge in [-0.3, -0.25) is 0 Å². The van der Waals surface area contributed by atoms with Crippen LogP contribution in [-0.4, -0.2) is 31.8 Å². The zero-order chi connectivity index (χ0) is 13.5. The number of methoxy groups -OCH3 is 2. The average Bonchev–Trinajstić information content (AvgIpc) is 2.34. The van der Waals surface area contributed by atoms with E-state index in [1.807, 2.05) is 19.1 Å². The third-order valence-corrected chi connectivity index (χ3v) is 2.45. The lowest BCUT2D eigenvalue weighted by atomic mass is 10.1. The number of ether oxygens (including phenoxy) is 2. The highest BCUT2D eigenvalue weighted by molar-refractivity contribution is 5.79. The molecule has 1 aromatic carbocycles. The molecule has 2 N–H and O–H groups in total. The Hall–Kier alpha value is -2.17. The van der Waals surface area contributed by atoms with Crippen LogP contribution in [0.3, 0.4) is 0 Å². The van der Waals surface area contributed by atoms with Crippen LogP contribution >= 0.6 is 0 Å². The molecule has 98 valence electrons. The Morgan fingerprint density at radius 3 is 2.67 bits per heavy atom. The van der Waals surface area contributed by atoms with Gasteiger partial charge in [-0.1, -0.05) is 6.08 Å². The molecule has 0 amide bonds. The third-order valence-electron chi connectivity index (χ3n) is 2.45. The molecule has 0 spiro atoms. The lowest BCUT2D eigenvalue weighted by Gasteiger charge is -2.14. The predicted octanol–water partition coefficient (Wildman–Crippen LogP) is 2.06. The fraction of sp³-hybridized carbons (Fsp3) is 0.308. The van der Waals surface area contributed by atoms with Gasteiger partial charge in [0.1, 0.15) is 11.5 Å². The molecule has 0 saturated carbocycles. The zero-order valence-electron chi connectivity index (χ0n) is 10.7. The van der Waals surface area contributed by atoms with Gasteiger partial charge in [-0.05, 0) is 19.1 Å². The number of carboxylic acid groups (broad SMARTS) is 1. The number of rotatable bonds is 6. The summed E-state index contributed by atoms with van der Waals surface area (Å²) in [6.45, 7) is 2.31. The smallest absolute Gasteiger partial charge is 0.328 e. The Balaban J connectivity index is 2.83. The third kappa shape index (κ3) is 3.41. The molecule has 5 nitrogen and oxygen atoms in total. The molecule has 1 rings (SSSR count). The average molecular weight is 251 g/mol. The highest BCUT2D eigenvalue weighted by Crippen LogP contribution is 2.34. The van der Waals surface area contributed by atoms with Crippen LogP contribution in [0.4, 0.5) is 5.69 Å². The van der Waals surface area contributed by atoms with Gasteiger partial charge in [-0.25, -0.2) is 4.79 Å². The van der Waals surface area contributed by atoms with Gasteiger partial charge in [0.2, 0.25) is 0 Å². The maximum Gasteiger partial charge on any atom is 0.328 e. The van der Waals surface area contributed by atoms with E-state index >= 15 is 0 Å². The van der Waals surface area contributed by atoms with Crippen LogP contribution in [0, 0.1) is 6.92 Å². The van der Waals surface area contributed by atoms with Crippen LogP contribution in [-0.2, 0) is 4.79 Å². The minimum atomic E-state index is -0.963. The van der Waals surface area contributed by atoms with Gasteiger partial charge in [0.25, 0.3) is 0 Å². The number of hydrogen-bond donors (Lipinski definition) is 2. The molecule has 18 heavy (non-hydrogen) atoms. The first-order chi connectivity index (χ1) is 8.60. The van der Waals surface area contributed by atoms with E-state index in [-0.39, 0.29) is 0 Å². The number of benzene rings is 1. The van der Waals surface area contributed by atoms with Crippen molar-refractivity contribution in [3.05, 3.63) is 29.8 Å². The van der Waals surface area contributed by atoms with Gasteiger partial charge in [-0.15, -0.1) is 0 Å². The van der Waals surface area contributed by atoms with Crippen LogP contribution < -0.4 is 14.8 Å². The summed E-state index contributed by atoms with van der Waals surface area (Å²) < 4.78 is 10.5. The van der Waals surface area contributed by atoms with Gasteiger partial charge in [0.15, 0.2) is 0 Å². The van der Waals surface area contributed by atoms with Crippen LogP contribution in [0.15, 0.2) is 24.3 Å². The lowest BCUT2D eigenvalue weighted by molar-refractivity contribution is -0.131. The van der Waals surface area contributed by atoms with Crippen molar-refractivity contribution in [3.8, 4) is 11.5 Å². The topological polar surface area (TPSA) is 67.8 Å². The highest BCUT2D eigenvalue weighted by Gasteiger charge is 2.10. The molecule has 0 atom stereocenters. The molecule has 5 heteroatoms. The molecular formula is C13H17NO4. The Morgan fingerprint density at radius 1 is 1.39 bits per heavy atom. The minimum absolute atomic E-state index is 0.411. The summed E-state index contributed by atoms with van der Waals surface area (Å²) in [5.74, 6) is 0.478. The number of carbonyl (C=O) groups is 1. The maximum absolute atomic E-state index is 10.3. The van der Waals surface area contributed by atoms with Gasteiger partial charge in [0, 0.05) is 18.2 Å². The molecular weight excluding hydrogens is 234 g/mol. The van der Waals surface area contributed by atoms with E-state index in [0.29, 0.717) is 12.3 Å². The summed E-state index contributed by atoms with van der Waals surface area (Å²) in [5, 5.41) is 11.5. The molecule has 0 radical (unpaired) electrons. The monoisotopic (exact) mass is 251 g/mol. The molecule has 0 bridgehead atoms. The summed E-state index contributed by atoms with van der Waals surface area (Å²) in [4.78, 5) is 10.3. The molecule has 0 aliphatic heterocycles. The van der Waals surface area contributed by atoms with Crippen molar-refractivity contribution in [2.45, 2.75) is 6.92 Å². The Bertz CT molecular complexity index is 455. The normalized spacial score (nSPS) is 10.4. The number of aliphatic carboxylic acids is 1. The predicted molar refractivity (Wildman–Crippen MR) is 69.5 cm³/mol. The first-order valence-corrected chi connectivity index (χ1v) is 5.45. The molecule has 0 aliphatic carbocycles. The fourth-order valence-corrected chi connectivity index (χ4v) is 1.63. The Kier molecular flexibility index (Phi) is 5.05. The molecule has 0 heterocycles. The molecule has 0 aromatic heterocycles. The molecule has 0 aliphatic rings. The van der Waals surface area contributed by atoms with Crippen LogP contribution in [0.1, 0.15) is 5.56 Å². The summed E-state index contributed by atoms with van der Waals surface area (Å²) >= 11 is 0. The molecule has 0 saturated heterocycles. The van der Waals surface area contributed by atoms with Crippen LogP contribution in [0.5, 0.6) is 11.5 Å². The van der Waals surface area contributed by atoms with Crippen molar-refractivity contribution in [3.63, 3.8) is 0 Å². The number of hydrogen-bond acceptors (Lipinski definition) is 4. The molecule has 1 aromatic rings. The first kappa shape index (κ1) is 13.9. The minimum Gasteiger partial charge on any atom is -0.496 e. The Morgan fingerprint density at radius 2 is 2.11 bits per heavy atom.